The molecule has 0 saturated heterocycles. The van der Waals surface area contributed by atoms with Gasteiger partial charge in [0.15, 0.2) is 5.69 Å². The summed E-state index contributed by atoms with van der Waals surface area (Å²) in [7, 11) is 1.90. The van der Waals surface area contributed by atoms with E-state index in [1.54, 1.807) is 6.92 Å². The Morgan fingerprint density at radius 2 is 2.19 bits per heavy atom. The first-order valence-corrected chi connectivity index (χ1v) is 4.77. The lowest BCUT2D eigenvalue weighted by molar-refractivity contribution is 0.0690. The van der Waals surface area contributed by atoms with Crippen molar-refractivity contribution in [3.05, 3.63) is 36.0 Å². The van der Waals surface area contributed by atoms with Crippen molar-refractivity contribution < 1.29 is 9.90 Å². The van der Waals surface area contributed by atoms with Crippen LogP contribution in [0.5, 0.6) is 0 Å². The molecular formula is C11H11N3O2. The Labute approximate surface area is 92.4 Å². The molecule has 1 N–H and O–H groups in total. The van der Waals surface area contributed by atoms with Gasteiger partial charge in [0.1, 0.15) is 5.82 Å². The summed E-state index contributed by atoms with van der Waals surface area (Å²) in [5.74, 6) is -0.582. The number of nitrogens with zero attached hydrogens (tertiary/aromatic N) is 3. The van der Waals surface area contributed by atoms with Gasteiger partial charge in [0.2, 0.25) is 0 Å². The van der Waals surface area contributed by atoms with Gasteiger partial charge in [0.05, 0.1) is 5.69 Å². The highest BCUT2D eigenvalue weighted by molar-refractivity contribution is 5.86. The summed E-state index contributed by atoms with van der Waals surface area (Å²) >= 11 is 0. The molecule has 0 saturated carbocycles. The molecule has 0 spiro atoms. The predicted molar refractivity (Wildman–Crippen MR) is 58.1 cm³/mol. The summed E-state index contributed by atoms with van der Waals surface area (Å²) in [5, 5.41) is 8.89. The highest BCUT2D eigenvalue weighted by Gasteiger charge is 2.10. The van der Waals surface area contributed by atoms with Crippen LogP contribution < -0.4 is 0 Å². The standard InChI is InChI=1S/C11H11N3O2/c1-7-12-9(5-10(13-7)11(15)16)8-3-4-14(2)6-8/h3-6H,1-2H3,(H,15,16). The third-order valence-corrected chi connectivity index (χ3v) is 2.18. The van der Waals surface area contributed by atoms with E-state index in [1.807, 2.05) is 30.1 Å². The fourth-order valence-corrected chi connectivity index (χ4v) is 1.48. The molecule has 82 valence electrons. The van der Waals surface area contributed by atoms with Crippen LogP contribution in [0.3, 0.4) is 0 Å². The van der Waals surface area contributed by atoms with Gasteiger partial charge in [-0.15, -0.1) is 0 Å². The number of hydrogen-bond acceptors (Lipinski definition) is 3. The van der Waals surface area contributed by atoms with Gasteiger partial charge < -0.3 is 9.67 Å². The minimum absolute atomic E-state index is 0.0198. The largest absolute Gasteiger partial charge is 0.477 e. The van der Waals surface area contributed by atoms with Crippen LogP contribution in [0.2, 0.25) is 0 Å². The highest BCUT2D eigenvalue weighted by Crippen LogP contribution is 2.17. The summed E-state index contributed by atoms with van der Waals surface area (Å²) in [6.45, 7) is 1.68. The number of aromatic nitrogens is 3. The molecule has 2 aromatic rings. The third-order valence-electron chi connectivity index (χ3n) is 2.18. The van der Waals surface area contributed by atoms with Gasteiger partial charge in [-0.25, -0.2) is 14.8 Å². The zero-order valence-electron chi connectivity index (χ0n) is 9.01. The van der Waals surface area contributed by atoms with E-state index in [0.717, 1.165) is 5.56 Å². The maximum absolute atomic E-state index is 10.8. The second-order valence-electron chi connectivity index (χ2n) is 3.56. The van der Waals surface area contributed by atoms with Crippen LogP contribution in [0.4, 0.5) is 0 Å². The maximum Gasteiger partial charge on any atom is 0.354 e. The Hall–Kier alpha value is -2.17. The molecule has 0 fully saturated rings. The SMILES string of the molecule is Cc1nc(C(=O)O)cc(-c2ccn(C)c2)n1. The summed E-state index contributed by atoms with van der Waals surface area (Å²) in [6.07, 6.45) is 3.76. The molecule has 0 aliphatic heterocycles. The molecule has 5 heteroatoms. The Kier molecular flexibility index (Phi) is 2.44. The fourth-order valence-electron chi connectivity index (χ4n) is 1.48. The van der Waals surface area contributed by atoms with Crippen molar-refractivity contribution >= 4 is 5.97 Å². The highest BCUT2D eigenvalue weighted by atomic mass is 16.4. The zero-order valence-corrected chi connectivity index (χ0v) is 9.01. The lowest BCUT2D eigenvalue weighted by atomic mass is 10.2. The van der Waals surface area contributed by atoms with Gasteiger partial charge in [-0.05, 0) is 19.1 Å². The van der Waals surface area contributed by atoms with Crippen LogP contribution in [0.1, 0.15) is 16.3 Å². The predicted octanol–water partition coefficient (Wildman–Crippen LogP) is 1.49. The van der Waals surface area contributed by atoms with Crippen LogP contribution >= 0.6 is 0 Å². The summed E-state index contributed by atoms with van der Waals surface area (Å²) in [5.41, 5.74) is 1.53. The summed E-state index contributed by atoms with van der Waals surface area (Å²) in [4.78, 5) is 18.9. The fraction of sp³-hybridized carbons (Fsp3) is 0.182. The molecular weight excluding hydrogens is 206 g/mol. The molecule has 5 nitrogen and oxygen atoms in total. The molecule has 0 amide bonds. The molecule has 16 heavy (non-hydrogen) atoms. The normalized spacial score (nSPS) is 10.4. The number of carboxylic acids is 1. The van der Waals surface area contributed by atoms with Gasteiger partial charge >= 0.3 is 5.97 Å². The van der Waals surface area contributed by atoms with E-state index in [1.165, 1.54) is 6.07 Å². The van der Waals surface area contributed by atoms with Crippen molar-refractivity contribution in [2.45, 2.75) is 6.92 Å². The third kappa shape index (κ3) is 1.93. The molecule has 0 bridgehead atoms. The maximum atomic E-state index is 10.8. The van der Waals surface area contributed by atoms with Gasteiger partial charge in [-0.3, -0.25) is 0 Å². The molecule has 2 rings (SSSR count). The average Bonchev–Trinajstić information content (AvgIpc) is 2.64. The van der Waals surface area contributed by atoms with E-state index in [-0.39, 0.29) is 5.69 Å². The number of hydrogen-bond donors (Lipinski definition) is 1. The van der Waals surface area contributed by atoms with E-state index in [0.29, 0.717) is 11.5 Å². The summed E-state index contributed by atoms with van der Waals surface area (Å²) < 4.78 is 1.88. The molecule has 0 unspecified atom stereocenters. The van der Waals surface area contributed by atoms with Crippen molar-refractivity contribution in [2.75, 3.05) is 0 Å². The Balaban J connectivity index is 2.53. The molecule has 0 aliphatic carbocycles. The van der Waals surface area contributed by atoms with Crippen LogP contribution in [0.15, 0.2) is 24.5 Å². The smallest absolute Gasteiger partial charge is 0.354 e. The Morgan fingerprint density at radius 1 is 1.44 bits per heavy atom. The van der Waals surface area contributed by atoms with Gasteiger partial charge in [0, 0.05) is 25.0 Å². The van der Waals surface area contributed by atoms with Crippen LogP contribution in [-0.2, 0) is 7.05 Å². The van der Waals surface area contributed by atoms with Crippen LogP contribution in [0.25, 0.3) is 11.3 Å². The molecule has 0 atom stereocenters. The van der Waals surface area contributed by atoms with E-state index in [2.05, 4.69) is 9.97 Å². The zero-order chi connectivity index (χ0) is 11.7. The van der Waals surface area contributed by atoms with Crippen LogP contribution in [-0.4, -0.2) is 25.6 Å². The minimum atomic E-state index is -1.04. The van der Waals surface area contributed by atoms with Crippen molar-refractivity contribution in [3.8, 4) is 11.3 Å². The van der Waals surface area contributed by atoms with Crippen molar-refractivity contribution in [3.63, 3.8) is 0 Å². The van der Waals surface area contributed by atoms with Gasteiger partial charge in [-0.1, -0.05) is 0 Å². The molecule has 0 aliphatic rings. The molecule has 0 radical (unpaired) electrons. The monoisotopic (exact) mass is 217 g/mol. The van der Waals surface area contributed by atoms with Crippen LogP contribution in [0, 0.1) is 6.92 Å². The molecule has 2 heterocycles. The van der Waals surface area contributed by atoms with Crippen molar-refractivity contribution in [1.82, 2.24) is 14.5 Å². The minimum Gasteiger partial charge on any atom is -0.477 e. The molecule has 0 aromatic carbocycles. The lowest BCUT2D eigenvalue weighted by Crippen LogP contribution is -2.04. The first-order chi connectivity index (χ1) is 7.56. The van der Waals surface area contributed by atoms with E-state index in [9.17, 15) is 4.79 Å². The topological polar surface area (TPSA) is 68.0 Å². The number of carboxylic acid groups (broad SMARTS) is 1. The van der Waals surface area contributed by atoms with Gasteiger partial charge in [-0.2, -0.15) is 0 Å². The van der Waals surface area contributed by atoms with Gasteiger partial charge in [0.25, 0.3) is 0 Å². The summed E-state index contributed by atoms with van der Waals surface area (Å²) in [6, 6.07) is 3.36. The first kappa shape index (κ1) is 10.4. The second-order valence-corrected chi connectivity index (χ2v) is 3.56. The Morgan fingerprint density at radius 3 is 2.75 bits per heavy atom. The number of rotatable bonds is 2. The van der Waals surface area contributed by atoms with E-state index >= 15 is 0 Å². The number of aryl methyl sites for hydroxylation is 2. The average molecular weight is 217 g/mol. The number of aromatic carboxylic acids is 1. The van der Waals surface area contributed by atoms with Crippen molar-refractivity contribution in [2.24, 2.45) is 7.05 Å². The number of carbonyl (C=O) groups is 1. The van der Waals surface area contributed by atoms with E-state index in [4.69, 9.17) is 5.11 Å². The first-order valence-electron chi connectivity index (χ1n) is 4.77. The second kappa shape index (κ2) is 3.77. The lowest BCUT2D eigenvalue weighted by Gasteiger charge is -2.01. The van der Waals surface area contributed by atoms with Crippen molar-refractivity contribution in [1.29, 1.82) is 0 Å². The van der Waals surface area contributed by atoms with E-state index < -0.39 is 5.97 Å². The molecule has 2 aromatic heterocycles. The Bertz CT molecular complexity index is 546. The quantitative estimate of drug-likeness (QED) is 0.827.